The van der Waals surface area contributed by atoms with E-state index in [1.807, 2.05) is 0 Å². The molecule has 0 atom stereocenters. The minimum atomic E-state index is -0.925. The summed E-state index contributed by atoms with van der Waals surface area (Å²) in [6.45, 7) is 1.76. The van der Waals surface area contributed by atoms with E-state index in [0.717, 1.165) is 0 Å². The first-order chi connectivity index (χ1) is 9.04. The summed E-state index contributed by atoms with van der Waals surface area (Å²) >= 11 is 11.9. The number of carbonyl (C=O) groups excluding carboxylic acids is 2. The van der Waals surface area contributed by atoms with E-state index < -0.39 is 11.8 Å². The molecule has 6 heteroatoms. The van der Waals surface area contributed by atoms with E-state index in [-0.39, 0.29) is 17.2 Å². The topological polar surface area (TPSA) is 56.3 Å². The van der Waals surface area contributed by atoms with Crippen LogP contribution in [0, 0.1) is 0 Å². The van der Waals surface area contributed by atoms with Gasteiger partial charge in [0, 0.05) is 10.9 Å². The zero-order valence-electron chi connectivity index (χ0n) is 9.94. The Hall–Kier alpha value is -1.65. The molecule has 0 unspecified atom stereocenters. The summed E-state index contributed by atoms with van der Waals surface area (Å²) in [5.74, 6) is -1.70. The molecule has 4 nitrogen and oxygen atoms in total. The number of carbonyl (C=O) groups is 2. The van der Waals surface area contributed by atoms with E-state index in [2.05, 4.69) is 9.72 Å². The molecule has 0 bridgehead atoms. The second-order valence-corrected chi connectivity index (χ2v) is 4.44. The first kappa shape index (κ1) is 13.8. The summed E-state index contributed by atoms with van der Waals surface area (Å²) in [5, 5.41) is 1.05. The van der Waals surface area contributed by atoms with Crippen molar-refractivity contribution in [3.63, 3.8) is 0 Å². The maximum absolute atomic E-state index is 11.9. The first-order valence-electron chi connectivity index (χ1n) is 5.50. The molecule has 98 valence electrons. The lowest BCUT2D eigenvalue weighted by molar-refractivity contribution is -0.137. The molecule has 1 aromatic carbocycles. The van der Waals surface area contributed by atoms with Gasteiger partial charge >= 0.3 is 5.97 Å². The molecule has 0 N–H and O–H groups in total. The van der Waals surface area contributed by atoms with Crippen LogP contribution in [0.1, 0.15) is 17.3 Å². The number of aromatic nitrogens is 1. The zero-order chi connectivity index (χ0) is 14.0. The number of ketones is 1. The molecule has 19 heavy (non-hydrogen) atoms. The zero-order valence-corrected chi connectivity index (χ0v) is 11.5. The van der Waals surface area contributed by atoms with Crippen molar-refractivity contribution in [2.24, 2.45) is 0 Å². The highest BCUT2D eigenvalue weighted by molar-refractivity contribution is 6.47. The average Bonchev–Trinajstić information content (AvgIpc) is 2.38. The van der Waals surface area contributed by atoms with E-state index in [0.29, 0.717) is 16.1 Å². The standard InChI is InChI=1S/C13H9Cl2NO3/c1-2-19-13(18)12(17)8-3-5-9-7(11(8)15)4-6-10(14)16-9/h3-6H,2H2,1H3. The number of Topliss-reactive ketones (excluding diaryl/α,β-unsaturated/α-hetero) is 1. The lowest BCUT2D eigenvalue weighted by atomic mass is 10.1. The quantitative estimate of drug-likeness (QED) is 0.377. The lowest BCUT2D eigenvalue weighted by Crippen LogP contribution is -2.17. The van der Waals surface area contributed by atoms with Crippen LogP contribution in [0.4, 0.5) is 0 Å². The summed E-state index contributed by atoms with van der Waals surface area (Å²) in [6, 6.07) is 6.23. The number of hydrogen-bond donors (Lipinski definition) is 0. The van der Waals surface area contributed by atoms with Crippen molar-refractivity contribution in [1.29, 1.82) is 0 Å². The van der Waals surface area contributed by atoms with Crippen LogP contribution in [0.15, 0.2) is 24.3 Å². The van der Waals surface area contributed by atoms with Gasteiger partial charge in [-0.2, -0.15) is 0 Å². The Morgan fingerprint density at radius 3 is 2.63 bits per heavy atom. The lowest BCUT2D eigenvalue weighted by Gasteiger charge is -2.06. The van der Waals surface area contributed by atoms with Crippen molar-refractivity contribution >= 4 is 45.9 Å². The normalized spacial score (nSPS) is 10.5. The van der Waals surface area contributed by atoms with Gasteiger partial charge in [-0.1, -0.05) is 23.2 Å². The third-order valence-electron chi connectivity index (χ3n) is 2.48. The van der Waals surface area contributed by atoms with Gasteiger partial charge in [0.05, 0.1) is 17.1 Å². The summed E-state index contributed by atoms with van der Waals surface area (Å²) < 4.78 is 4.66. The number of hydrogen-bond acceptors (Lipinski definition) is 4. The molecular weight excluding hydrogens is 289 g/mol. The molecule has 0 radical (unpaired) electrons. The van der Waals surface area contributed by atoms with Crippen LogP contribution in [0.3, 0.4) is 0 Å². The fraction of sp³-hybridized carbons (Fsp3) is 0.154. The van der Waals surface area contributed by atoms with Gasteiger partial charge in [0.2, 0.25) is 0 Å². The van der Waals surface area contributed by atoms with E-state index in [9.17, 15) is 9.59 Å². The van der Waals surface area contributed by atoms with Crippen molar-refractivity contribution in [2.75, 3.05) is 6.61 Å². The molecule has 1 aromatic heterocycles. The van der Waals surface area contributed by atoms with Crippen molar-refractivity contribution in [1.82, 2.24) is 4.98 Å². The van der Waals surface area contributed by atoms with Gasteiger partial charge in [-0.3, -0.25) is 4.79 Å². The van der Waals surface area contributed by atoms with E-state index >= 15 is 0 Å². The third-order valence-corrected chi connectivity index (χ3v) is 3.09. The van der Waals surface area contributed by atoms with Gasteiger partial charge in [0.15, 0.2) is 0 Å². The molecule has 0 spiro atoms. The Bertz CT molecular complexity index is 670. The molecule has 0 saturated heterocycles. The van der Waals surface area contributed by atoms with Crippen LogP contribution < -0.4 is 0 Å². The Morgan fingerprint density at radius 1 is 1.21 bits per heavy atom. The smallest absolute Gasteiger partial charge is 0.379 e. The molecular formula is C13H9Cl2NO3. The van der Waals surface area contributed by atoms with Gasteiger partial charge in [0.25, 0.3) is 5.78 Å². The number of nitrogens with zero attached hydrogens (tertiary/aromatic N) is 1. The Labute approximate surface area is 119 Å². The Morgan fingerprint density at radius 2 is 1.95 bits per heavy atom. The number of rotatable bonds is 3. The molecule has 2 rings (SSSR count). The molecule has 1 heterocycles. The summed E-state index contributed by atoms with van der Waals surface area (Å²) in [7, 11) is 0. The SMILES string of the molecule is CCOC(=O)C(=O)c1ccc2nc(Cl)ccc2c1Cl. The maximum Gasteiger partial charge on any atom is 0.379 e. The number of ether oxygens (including phenoxy) is 1. The predicted molar refractivity (Wildman–Crippen MR) is 72.7 cm³/mol. The minimum Gasteiger partial charge on any atom is -0.460 e. The summed E-state index contributed by atoms with van der Waals surface area (Å²) in [6.07, 6.45) is 0. The number of esters is 1. The van der Waals surface area contributed by atoms with Crippen molar-refractivity contribution in [2.45, 2.75) is 6.92 Å². The number of halogens is 2. The van der Waals surface area contributed by atoms with Crippen LogP contribution in [-0.4, -0.2) is 23.3 Å². The fourth-order valence-electron chi connectivity index (χ4n) is 1.63. The maximum atomic E-state index is 11.9. The molecule has 0 aliphatic heterocycles. The minimum absolute atomic E-state index is 0.0942. The second kappa shape index (κ2) is 5.55. The molecule has 0 amide bonds. The van der Waals surface area contributed by atoms with Crippen LogP contribution in [0.5, 0.6) is 0 Å². The molecule has 0 saturated carbocycles. The van der Waals surface area contributed by atoms with Gasteiger partial charge in [-0.25, -0.2) is 9.78 Å². The van der Waals surface area contributed by atoms with Crippen LogP contribution >= 0.6 is 23.2 Å². The highest BCUT2D eigenvalue weighted by Crippen LogP contribution is 2.28. The summed E-state index contributed by atoms with van der Waals surface area (Å²) in [4.78, 5) is 27.4. The van der Waals surface area contributed by atoms with Crippen LogP contribution in [0.2, 0.25) is 10.2 Å². The van der Waals surface area contributed by atoms with Gasteiger partial charge in [-0.05, 0) is 31.2 Å². The monoisotopic (exact) mass is 297 g/mol. The highest BCUT2D eigenvalue weighted by atomic mass is 35.5. The predicted octanol–water partition coefficient (Wildman–Crippen LogP) is 3.29. The molecule has 0 aliphatic carbocycles. The number of benzene rings is 1. The summed E-state index contributed by atoms with van der Waals surface area (Å²) in [5.41, 5.74) is 0.648. The van der Waals surface area contributed by atoms with E-state index in [1.165, 1.54) is 6.07 Å². The average molecular weight is 298 g/mol. The molecule has 2 aromatic rings. The van der Waals surface area contributed by atoms with Gasteiger partial charge in [0.1, 0.15) is 5.15 Å². The van der Waals surface area contributed by atoms with Crippen molar-refractivity contribution in [3.8, 4) is 0 Å². The van der Waals surface area contributed by atoms with Gasteiger partial charge < -0.3 is 4.74 Å². The van der Waals surface area contributed by atoms with Gasteiger partial charge in [-0.15, -0.1) is 0 Å². The van der Waals surface area contributed by atoms with Crippen LogP contribution in [0.25, 0.3) is 10.9 Å². The molecule has 0 aliphatic rings. The molecule has 0 fully saturated rings. The fourth-order valence-corrected chi connectivity index (χ4v) is 2.09. The highest BCUT2D eigenvalue weighted by Gasteiger charge is 2.21. The van der Waals surface area contributed by atoms with Crippen LogP contribution in [-0.2, 0) is 9.53 Å². The largest absolute Gasteiger partial charge is 0.460 e. The first-order valence-corrected chi connectivity index (χ1v) is 6.26. The second-order valence-electron chi connectivity index (χ2n) is 3.68. The van der Waals surface area contributed by atoms with E-state index in [1.54, 1.807) is 25.1 Å². The number of pyridine rings is 1. The van der Waals surface area contributed by atoms with Crippen molar-refractivity contribution < 1.29 is 14.3 Å². The third kappa shape index (κ3) is 2.69. The van der Waals surface area contributed by atoms with E-state index in [4.69, 9.17) is 23.2 Å². The Balaban J connectivity index is 2.51. The number of fused-ring (bicyclic) bond motifs is 1. The van der Waals surface area contributed by atoms with Crippen molar-refractivity contribution in [3.05, 3.63) is 40.0 Å². The Kier molecular flexibility index (Phi) is 4.02.